The minimum absolute atomic E-state index is 0.0905. The van der Waals surface area contributed by atoms with Crippen LogP contribution in [0.25, 0.3) is 0 Å². The minimum atomic E-state index is -0.124. The van der Waals surface area contributed by atoms with Gasteiger partial charge in [-0.3, -0.25) is 14.5 Å². The second-order valence-corrected chi connectivity index (χ2v) is 2.88. The number of carbonyl (C=O) groups is 2. The van der Waals surface area contributed by atoms with Crippen molar-refractivity contribution in [3.05, 3.63) is 0 Å². The first-order valence-corrected chi connectivity index (χ1v) is 3.70. The highest BCUT2D eigenvalue weighted by molar-refractivity contribution is 6.01. The zero-order valence-electron chi connectivity index (χ0n) is 6.54. The van der Waals surface area contributed by atoms with Gasteiger partial charge in [-0.15, -0.1) is 0 Å². The van der Waals surface area contributed by atoms with E-state index in [0.29, 0.717) is 19.4 Å². The molecule has 1 atom stereocenters. The largest absolute Gasteiger partial charge is 0.326 e. The Morgan fingerprint density at radius 2 is 1.91 bits per heavy atom. The zero-order valence-corrected chi connectivity index (χ0v) is 6.54. The van der Waals surface area contributed by atoms with Gasteiger partial charge in [-0.2, -0.15) is 0 Å². The van der Waals surface area contributed by atoms with Crippen LogP contribution in [0.2, 0.25) is 0 Å². The van der Waals surface area contributed by atoms with Crippen LogP contribution in [0.5, 0.6) is 0 Å². The van der Waals surface area contributed by atoms with Crippen molar-refractivity contribution in [2.75, 3.05) is 6.54 Å². The SMILES string of the molecule is C[C@@H](N)CN1C(=O)CCC1=O. The fourth-order valence-electron chi connectivity index (χ4n) is 1.11. The number of hydrogen-bond donors (Lipinski definition) is 1. The van der Waals surface area contributed by atoms with Gasteiger partial charge in [0, 0.05) is 25.4 Å². The molecule has 1 aliphatic rings. The van der Waals surface area contributed by atoms with Crippen LogP contribution >= 0.6 is 0 Å². The lowest BCUT2D eigenvalue weighted by Crippen LogP contribution is -2.38. The van der Waals surface area contributed by atoms with E-state index in [2.05, 4.69) is 0 Å². The summed E-state index contributed by atoms with van der Waals surface area (Å²) in [4.78, 5) is 23.2. The van der Waals surface area contributed by atoms with Gasteiger partial charge >= 0.3 is 0 Å². The molecule has 1 heterocycles. The fourth-order valence-corrected chi connectivity index (χ4v) is 1.11. The third-order valence-corrected chi connectivity index (χ3v) is 1.63. The second-order valence-electron chi connectivity index (χ2n) is 2.88. The molecule has 0 aromatic rings. The van der Waals surface area contributed by atoms with Crippen LogP contribution in [-0.4, -0.2) is 29.3 Å². The lowest BCUT2D eigenvalue weighted by Gasteiger charge is -2.15. The molecule has 62 valence electrons. The van der Waals surface area contributed by atoms with Crippen LogP contribution in [-0.2, 0) is 9.59 Å². The molecule has 0 unspecified atom stereocenters. The summed E-state index contributed by atoms with van der Waals surface area (Å²) < 4.78 is 0. The van der Waals surface area contributed by atoms with Crippen LogP contribution in [0, 0.1) is 0 Å². The molecule has 0 radical (unpaired) electrons. The highest BCUT2D eigenvalue weighted by Crippen LogP contribution is 2.10. The fraction of sp³-hybridized carbons (Fsp3) is 0.714. The lowest BCUT2D eigenvalue weighted by molar-refractivity contribution is -0.138. The number of nitrogens with two attached hydrogens (primary N) is 1. The Morgan fingerprint density at radius 1 is 1.45 bits per heavy atom. The second kappa shape index (κ2) is 3.00. The first-order valence-electron chi connectivity index (χ1n) is 3.70. The van der Waals surface area contributed by atoms with Crippen LogP contribution in [0.1, 0.15) is 19.8 Å². The van der Waals surface area contributed by atoms with Crippen molar-refractivity contribution in [3.63, 3.8) is 0 Å². The van der Waals surface area contributed by atoms with Gasteiger partial charge in [-0.05, 0) is 6.92 Å². The van der Waals surface area contributed by atoms with E-state index in [0.717, 1.165) is 0 Å². The van der Waals surface area contributed by atoms with Crippen molar-refractivity contribution >= 4 is 11.8 Å². The molecule has 4 nitrogen and oxygen atoms in total. The van der Waals surface area contributed by atoms with Gasteiger partial charge in [0.15, 0.2) is 0 Å². The van der Waals surface area contributed by atoms with Crippen molar-refractivity contribution in [1.29, 1.82) is 0 Å². The van der Waals surface area contributed by atoms with Crippen LogP contribution < -0.4 is 5.73 Å². The molecule has 1 aliphatic heterocycles. The molecule has 1 fully saturated rings. The van der Waals surface area contributed by atoms with Gasteiger partial charge in [0.1, 0.15) is 0 Å². The summed E-state index contributed by atoms with van der Waals surface area (Å²) in [6, 6.07) is -0.124. The van der Waals surface area contributed by atoms with E-state index in [1.165, 1.54) is 4.90 Å². The number of rotatable bonds is 2. The maximum atomic E-state index is 11.0. The molecule has 0 spiro atoms. The Balaban J connectivity index is 2.55. The third kappa shape index (κ3) is 1.77. The van der Waals surface area contributed by atoms with E-state index in [-0.39, 0.29) is 17.9 Å². The lowest BCUT2D eigenvalue weighted by atomic mass is 10.3. The monoisotopic (exact) mass is 156 g/mol. The van der Waals surface area contributed by atoms with E-state index in [9.17, 15) is 9.59 Å². The number of amides is 2. The predicted molar refractivity (Wildman–Crippen MR) is 39.6 cm³/mol. The summed E-state index contributed by atoms with van der Waals surface area (Å²) in [5.74, 6) is -0.181. The molecule has 0 aliphatic carbocycles. The quantitative estimate of drug-likeness (QED) is 0.547. The van der Waals surface area contributed by atoms with Crippen molar-refractivity contribution in [2.45, 2.75) is 25.8 Å². The summed E-state index contributed by atoms with van der Waals surface area (Å²) >= 11 is 0. The summed E-state index contributed by atoms with van der Waals surface area (Å²) in [6.45, 7) is 2.14. The molecular weight excluding hydrogens is 144 g/mol. The van der Waals surface area contributed by atoms with Gasteiger partial charge in [0.25, 0.3) is 0 Å². The van der Waals surface area contributed by atoms with Crippen molar-refractivity contribution < 1.29 is 9.59 Å². The Kier molecular flexibility index (Phi) is 2.24. The maximum absolute atomic E-state index is 11.0. The van der Waals surface area contributed by atoms with Crippen molar-refractivity contribution in [3.8, 4) is 0 Å². The Bertz CT molecular complexity index is 173. The van der Waals surface area contributed by atoms with E-state index < -0.39 is 0 Å². The standard InChI is InChI=1S/C7H12N2O2/c1-5(8)4-9-6(10)2-3-7(9)11/h5H,2-4,8H2,1H3/t5-/m1/s1. The molecule has 1 saturated heterocycles. The van der Waals surface area contributed by atoms with Gasteiger partial charge in [-0.1, -0.05) is 0 Å². The number of carbonyl (C=O) groups excluding carboxylic acids is 2. The average Bonchev–Trinajstić information content (AvgIpc) is 2.18. The highest BCUT2D eigenvalue weighted by Gasteiger charge is 2.28. The predicted octanol–water partition coefficient (Wildman–Crippen LogP) is -0.517. The Labute approximate surface area is 65.3 Å². The minimum Gasteiger partial charge on any atom is -0.326 e. The van der Waals surface area contributed by atoms with Crippen LogP contribution in [0.3, 0.4) is 0 Å². The van der Waals surface area contributed by atoms with Gasteiger partial charge in [0.2, 0.25) is 11.8 Å². The number of hydrogen-bond acceptors (Lipinski definition) is 3. The first-order chi connectivity index (χ1) is 5.11. The molecule has 0 bridgehead atoms. The van der Waals surface area contributed by atoms with E-state index in [4.69, 9.17) is 5.73 Å². The first kappa shape index (κ1) is 8.20. The smallest absolute Gasteiger partial charge is 0.229 e. The number of likely N-dealkylation sites (tertiary alicyclic amines) is 1. The Hall–Kier alpha value is -0.900. The van der Waals surface area contributed by atoms with E-state index >= 15 is 0 Å². The molecule has 4 heteroatoms. The molecule has 11 heavy (non-hydrogen) atoms. The normalized spacial score (nSPS) is 21.1. The van der Waals surface area contributed by atoms with Gasteiger partial charge in [-0.25, -0.2) is 0 Å². The molecule has 0 aromatic carbocycles. The molecule has 0 aromatic heterocycles. The molecular formula is C7H12N2O2. The number of nitrogens with zero attached hydrogens (tertiary/aromatic N) is 1. The van der Waals surface area contributed by atoms with Crippen LogP contribution in [0.4, 0.5) is 0 Å². The van der Waals surface area contributed by atoms with E-state index in [1.54, 1.807) is 6.92 Å². The summed E-state index contributed by atoms with van der Waals surface area (Å²) in [6.07, 6.45) is 0.705. The number of imide groups is 1. The zero-order chi connectivity index (χ0) is 8.43. The highest BCUT2D eigenvalue weighted by atomic mass is 16.2. The summed E-state index contributed by atoms with van der Waals surface area (Å²) in [7, 11) is 0. The summed E-state index contributed by atoms with van der Waals surface area (Å²) in [5.41, 5.74) is 5.45. The molecule has 0 saturated carbocycles. The van der Waals surface area contributed by atoms with Crippen molar-refractivity contribution in [2.24, 2.45) is 5.73 Å². The molecule has 1 rings (SSSR count). The molecule has 2 amide bonds. The third-order valence-electron chi connectivity index (χ3n) is 1.63. The van der Waals surface area contributed by atoms with Crippen molar-refractivity contribution in [1.82, 2.24) is 4.90 Å². The maximum Gasteiger partial charge on any atom is 0.229 e. The molecule has 2 N–H and O–H groups in total. The van der Waals surface area contributed by atoms with Crippen LogP contribution in [0.15, 0.2) is 0 Å². The summed E-state index contributed by atoms with van der Waals surface area (Å²) in [5, 5.41) is 0. The van der Waals surface area contributed by atoms with Gasteiger partial charge < -0.3 is 5.73 Å². The topological polar surface area (TPSA) is 63.4 Å². The average molecular weight is 156 g/mol. The van der Waals surface area contributed by atoms with E-state index in [1.807, 2.05) is 0 Å². The van der Waals surface area contributed by atoms with Gasteiger partial charge in [0.05, 0.1) is 0 Å². The Morgan fingerprint density at radius 3 is 2.27 bits per heavy atom.